The van der Waals surface area contributed by atoms with Crippen LogP contribution in [0.25, 0.3) is 0 Å². The minimum absolute atomic E-state index is 0.116. The molecule has 0 atom stereocenters. The second-order valence-corrected chi connectivity index (χ2v) is 6.62. The average Bonchev–Trinajstić information content (AvgIpc) is 2.74. The smallest absolute Gasteiger partial charge is 0.410 e. The van der Waals surface area contributed by atoms with E-state index in [0.717, 1.165) is 17.5 Å². The van der Waals surface area contributed by atoms with Gasteiger partial charge in [-0.2, -0.15) is 5.10 Å². The third kappa shape index (κ3) is 3.25. The molecule has 6 nitrogen and oxygen atoms in total. The van der Waals surface area contributed by atoms with Crippen LogP contribution in [0.15, 0.2) is 0 Å². The Bertz CT molecular complexity index is 555. The van der Waals surface area contributed by atoms with Gasteiger partial charge in [-0.05, 0) is 41.0 Å². The van der Waals surface area contributed by atoms with Crippen molar-refractivity contribution in [2.24, 2.45) is 0 Å². The lowest BCUT2D eigenvalue weighted by molar-refractivity contribution is 0.0221. The summed E-state index contributed by atoms with van der Waals surface area (Å²) >= 11 is 0. The van der Waals surface area contributed by atoms with E-state index in [1.807, 2.05) is 34.6 Å². The van der Waals surface area contributed by atoms with Crippen molar-refractivity contribution >= 4 is 12.4 Å². The molecule has 2 heterocycles. The van der Waals surface area contributed by atoms with E-state index in [9.17, 15) is 9.59 Å². The fourth-order valence-electron chi connectivity index (χ4n) is 2.44. The topological polar surface area (TPSA) is 64.4 Å². The zero-order valence-electron chi connectivity index (χ0n) is 13.3. The Kier molecular flexibility index (Phi) is 4.07. The van der Waals surface area contributed by atoms with Crippen LogP contribution in [-0.4, -0.2) is 39.2 Å². The predicted octanol–water partition coefficient (Wildman–Crippen LogP) is 2.57. The maximum Gasteiger partial charge on any atom is 0.410 e. The number of amides is 1. The van der Waals surface area contributed by atoms with Crippen molar-refractivity contribution in [2.75, 3.05) is 6.54 Å². The number of hydrogen-bond donors (Lipinski definition) is 0. The maximum atomic E-state index is 12.1. The minimum Gasteiger partial charge on any atom is -0.444 e. The van der Waals surface area contributed by atoms with Crippen LogP contribution in [0.5, 0.6) is 0 Å². The monoisotopic (exact) mass is 293 g/mol. The Balaban J connectivity index is 2.21. The molecule has 116 valence electrons. The van der Waals surface area contributed by atoms with Gasteiger partial charge in [0.2, 0.25) is 0 Å². The first-order valence-electron chi connectivity index (χ1n) is 7.26. The predicted molar refractivity (Wildman–Crippen MR) is 78.3 cm³/mol. The lowest BCUT2D eigenvalue weighted by atomic mass is 10.1. The molecule has 2 rings (SSSR count). The number of carbonyl (C=O) groups is 2. The summed E-state index contributed by atoms with van der Waals surface area (Å²) in [5, 5.41) is 4.49. The molecule has 1 aliphatic rings. The summed E-state index contributed by atoms with van der Waals surface area (Å²) in [4.78, 5) is 25.1. The molecule has 0 radical (unpaired) electrons. The fourth-order valence-corrected chi connectivity index (χ4v) is 2.44. The molecule has 1 aliphatic heterocycles. The maximum absolute atomic E-state index is 12.1. The molecular formula is C15H23N3O3. The van der Waals surface area contributed by atoms with Crippen LogP contribution in [-0.2, 0) is 17.7 Å². The summed E-state index contributed by atoms with van der Waals surface area (Å²) in [5.41, 5.74) is 1.87. The van der Waals surface area contributed by atoms with E-state index in [4.69, 9.17) is 4.74 Å². The molecule has 0 aliphatic carbocycles. The first-order chi connectivity index (χ1) is 9.73. The summed E-state index contributed by atoms with van der Waals surface area (Å²) in [6, 6.07) is 0.116. The van der Waals surface area contributed by atoms with Crippen molar-refractivity contribution in [3.63, 3.8) is 0 Å². The van der Waals surface area contributed by atoms with Crippen LogP contribution in [0.3, 0.4) is 0 Å². The molecule has 1 aromatic rings. The molecule has 0 fully saturated rings. The van der Waals surface area contributed by atoms with Crippen molar-refractivity contribution < 1.29 is 14.3 Å². The average molecular weight is 293 g/mol. The fraction of sp³-hybridized carbons (Fsp3) is 0.667. The summed E-state index contributed by atoms with van der Waals surface area (Å²) in [7, 11) is 0. The van der Waals surface area contributed by atoms with Crippen molar-refractivity contribution in [1.82, 2.24) is 14.7 Å². The van der Waals surface area contributed by atoms with Crippen LogP contribution in [0, 0.1) is 0 Å². The number of aromatic nitrogens is 2. The Labute approximate surface area is 125 Å². The summed E-state index contributed by atoms with van der Waals surface area (Å²) in [5.74, 6) is 0. The lowest BCUT2D eigenvalue weighted by Gasteiger charge is -2.29. The van der Waals surface area contributed by atoms with Crippen LogP contribution in [0.1, 0.15) is 62.4 Å². The first kappa shape index (κ1) is 15.5. The largest absolute Gasteiger partial charge is 0.444 e. The molecule has 0 N–H and O–H groups in total. The van der Waals surface area contributed by atoms with Crippen molar-refractivity contribution in [3.05, 3.63) is 17.0 Å². The highest BCUT2D eigenvalue weighted by molar-refractivity contribution is 5.76. The van der Waals surface area contributed by atoms with Gasteiger partial charge in [0, 0.05) is 18.2 Å². The minimum atomic E-state index is -0.511. The van der Waals surface area contributed by atoms with Gasteiger partial charge >= 0.3 is 6.09 Å². The standard InChI is InChI=1S/C15H23N3O3/c1-10(2)18-13(9-19)11-6-7-17(8-12(11)16-18)14(20)21-15(3,4)5/h9-10H,6-8H2,1-5H3. The van der Waals surface area contributed by atoms with Crippen molar-refractivity contribution in [1.29, 1.82) is 0 Å². The number of rotatable bonds is 2. The molecule has 0 spiro atoms. The van der Waals surface area contributed by atoms with Crippen LogP contribution in [0.2, 0.25) is 0 Å². The molecule has 0 bridgehead atoms. The number of nitrogens with zero attached hydrogens (tertiary/aromatic N) is 3. The highest BCUT2D eigenvalue weighted by Crippen LogP contribution is 2.24. The molecule has 0 saturated carbocycles. The quantitative estimate of drug-likeness (QED) is 0.786. The highest BCUT2D eigenvalue weighted by atomic mass is 16.6. The van der Waals surface area contributed by atoms with Gasteiger partial charge in [0.15, 0.2) is 6.29 Å². The van der Waals surface area contributed by atoms with E-state index in [1.54, 1.807) is 9.58 Å². The normalized spacial score (nSPS) is 15.0. The second kappa shape index (κ2) is 5.50. The van der Waals surface area contributed by atoms with Gasteiger partial charge < -0.3 is 9.64 Å². The van der Waals surface area contributed by atoms with E-state index in [0.29, 0.717) is 25.2 Å². The van der Waals surface area contributed by atoms with Gasteiger partial charge in [0.1, 0.15) is 11.3 Å². The molecule has 6 heteroatoms. The zero-order chi connectivity index (χ0) is 15.8. The van der Waals surface area contributed by atoms with Crippen LogP contribution >= 0.6 is 0 Å². The number of carbonyl (C=O) groups excluding carboxylic acids is 2. The van der Waals surface area contributed by atoms with Gasteiger partial charge in [-0.1, -0.05) is 0 Å². The molecule has 1 aromatic heterocycles. The molecule has 0 unspecified atom stereocenters. The van der Waals surface area contributed by atoms with Gasteiger partial charge in [-0.3, -0.25) is 9.48 Å². The summed E-state index contributed by atoms with van der Waals surface area (Å²) in [6.45, 7) is 10.4. The van der Waals surface area contributed by atoms with Gasteiger partial charge in [0.25, 0.3) is 0 Å². The van der Waals surface area contributed by atoms with E-state index in [1.165, 1.54) is 0 Å². The molecule has 21 heavy (non-hydrogen) atoms. The number of hydrogen-bond acceptors (Lipinski definition) is 4. The Morgan fingerprint density at radius 2 is 2.05 bits per heavy atom. The van der Waals surface area contributed by atoms with Gasteiger partial charge in [-0.25, -0.2) is 4.79 Å². The van der Waals surface area contributed by atoms with Crippen LogP contribution in [0.4, 0.5) is 4.79 Å². The number of ether oxygens (including phenoxy) is 1. The molecule has 0 saturated heterocycles. The summed E-state index contributed by atoms with van der Waals surface area (Å²) < 4.78 is 7.12. The van der Waals surface area contributed by atoms with Crippen molar-refractivity contribution in [3.8, 4) is 0 Å². The van der Waals surface area contributed by atoms with Crippen LogP contribution < -0.4 is 0 Å². The van der Waals surface area contributed by atoms with E-state index < -0.39 is 5.60 Å². The van der Waals surface area contributed by atoms with E-state index in [-0.39, 0.29) is 12.1 Å². The number of fused-ring (bicyclic) bond motifs is 1. The third-order valence-corrected chi connectivity index (χ3v) is 3.36. The van der Waals surface area contributed by atoms with Gasteiger partial charge in [0.05, 0.1) is 12.2 Å². The Morgan fingerprint density at radius 1 is 1.38 bits per heavy atom. The Morgan fingerprint density at radius 3 is 2.57 bits per heavy atom. The Hall–Kier alpha value is -1.85. The second-order valence-electron chi connectivity index (χ2n) is 6.62. The third-order valence-electron chi connectivity index (χ3n) is 3.36. The van der Waals surface area contributed by atoms with E-state index in [2.05, 4.69) is 5.10 Å². The highest BCUT2D eigenvalue weighted by Gasteiger charge is 2.30. The van der Waals surface area contributed by atoms with Gasteiger partial charge in [-0.15, -0.1) is 0 Å². The SMILES string of the molecule is CC(C)n1nc2c(c1C=O)CCN(C(=O)OC(C)(C)C)C2. The summed E-state index contributed by atoms with van der Waals surface area (Å²) in [6.07, 6.45) is 1.16. The number of aldehydes is 1. The first-order valence-corrected chi connectivity index (χ1v) is 7.26. The van der Waals surface area contributed by atoms with Crippen molar-refractivity contribution in [2.45, 2.75) is 59.2 Å². The molecular weight excluding hydrogens is 270 g/mol. The zero-order valence-corrected chi connectivity index (χ0v) is 13.3. The van der Waals surface area contributed by atoms with E-state index >= 15 is 0 Å². The lowest BCUT2D eigenvalue weighted by Crippen LogP contribution is -2.39. The molecule has 0 aromatic carbocycles. The molecule has 1 amide bonds.